The highest BCUT2D eigenvalue weighted by molar-refractivity contribution is 5.99. The number of hydrogen-bond donors (Lipinski definition) is 3. The molecule has 0 atom stereocenters. The second kappa shape index (κ2) is 9.12. The second-order valence-corrected chi connectivity index (χ2v) is 6.80. The van der Waals surface area contributed by atoms with Gasteiger partial charge in [0, 0.05) is 6.07 Å². The third kappa shape index (κ3) is 4.73. The largest absolute Gasteiger partial charge is 0.504 e. The molecule has 0 aliphatic carbocycles. The predicted molar refractivity (Wildman–Crippen MR) is 111 cm³/mol. The van der Waals surface area contributed by atoms with Crippen LogP contribution in [0, 0.1) is 0 Å². The summed E-state index contributed by atoms with van der Waals surface area (Å²) in [6.07, 6.45) is -3.19. The van der Waals surface area contributed by atoms with Gasteiger partial charge in [-0.2, -0.15) is 23.4 Å². The summed E-state index contributed by atoms with van der Waals surface area (Å²) in [5, 5.41) is 24.7. The average Bonchev–Trinajstić information content (AvgIpc) is 3.47. The van der Waals surface area contributed by atoms with Crippen LogP contribution in [0.5, 0.6) is 11.6 Å². The highest BCUT2D eigenvalue weighted by Crippen LogP contribution is 2.33. The summed E-state index contributed by atoms with van der Waals surface area (Å²) in [5.41, 5.74) is 1.52. The number of rotatable bonds is 5. The van der Waals surface area contributed by atoms with Crippen LogP contribution in [0.2, 0.25) is 0 Å². The van der Waals surface area contributed by atoms with E-state index in [1.807, 2.05) is 10.9 Å². The van der Waals surface area contributed by atoms with Crippen LogP contribution in [0.3, 0.4) is 0 Å². The molecular weight excluding hydrogens is 473 g/mol. The number of halogens is 3. The molecule has 3 heterocycles. The molecule has 0 aliphatic heterocycles. The number of hydrogen-bond acceptors (Lipinski definition) is 8. The molecule has 2 amide bonds. The zero-order valence-corrected chi connectivity index (χ0v) is 17.7. The molecule has 12 nitrogen and oxygen atoms in total. The zero-order chi connectivity index (χ0) is 25.2. The molecule has 0 unspecified atom stereocenters. The molecule has 35 heavy (non-hydrogen) atoms. The number of benzene rings is 1. The van der Waals surface area contributed by atoms with E-state index >= 15 is 0 Å². The lowest BCUT2D eigenvalue weighted by atomic mass is 10.2. The number of amides is 2. The summed E-state index contributed by atoms with van der Waals surface area (Å²) in [6.45, 7) is 0. The number of nitrogens with one attached hydrogen (secondary N) is 2. The fourth-order valence-electron chi connectivity index (χ4n) is 2.98. The first-order valence-electron chi connectivity index (χ1n) is 9.67. The smallest absolute Gasteiger partial charge is 0.434 e. The summed E-state index contributed by atoms with van der Waals surface area (Å²) in [6, 6.07) is 11.0. The van der Waals surface area contributed by atoms with Gasteiger partial charge < -0.3 is 9.84 Å². The zero-order valence-electron chi connectivity index (χ0n) is 17.7. The Morgan fingerprint density at radius 3 is 2.37 bits per heavy atom. The fraction of sp³-hybridized carbons (Fsp3) is 0.100. The topological polar surface area (TPSA) is 149 Å². The lowest BCUT2D eigenvalue weighted by molar-refractivity contribution is -0.143. The minimum Gasteiger partial charge on any atom is -0.504 e. The molecular formula is C20H15F3N8O4. The average molecular weight is 488 g/mol. The van der Waals surface area contributed by atoms with Crippen molar-refractivity contribution in [2.45, 2.75) is 6.18 Å². The molecule has 15 heteroatoms. The maximum atomic E-state index is 13.8. The van der Waals surface area contributed by atoms with Crippen LogP contribution in [0.4, 0.5) is 13.2 Å². The molecule has 3 aromatic heterocycles. The first-order chi connectivity index (χ1) is 16.7. The summed E-state index contributed by atoms with van der Waals surface area (Å²) in [5.74, 6) is -3.15. The first kappa shape index (κ1) is 23.2. The van der Waals surface area contributed by atoms with E-state index in [-0.39, 0.29) is 11.7 Å². The Bertz CT molecular complexity index is 1370. The highest BCUT2D eigenvalue weighted by Gasteiger charge is 2.41. The molecule has 4 rings (SSSR count). The van der Waals surface area contributed by atoms with Crippen molar-refractivity contribution in [2.24, 2.45) is 0 Å². The van der Waals surface area contributed by atoms with Gasteiger partial charge in [0.05, 0.1) is 30.8 Å². The molecule has 0 radical (unpaired) electrons. The Labute approximate surface area is 193 Å². The number of alkyl halides is 3. The number of carbonyl (C=O) groups is 2. The van der Waals surface area contributed by atoms with Gasteiger partial charge in [-0.1, -0.05) is 18.2 Å². The van der Waals surface area contributed by atoms with Gasteiger partial charge in [0.25, 0.3) is 11.8 Å². The Balaban J connectivity index is 1.54. The number of hydrazine groups is 1. The minimum atomic E-state index is -5.01. The van der Waals surface area contributed by atoms with Gasteiger partial charge >= 0.3 is 6.18 Å². The van der Waals surface area contributed by atoms with Crippen LogP contribution < -0.4 is 15.6 Å². The Morgan fingerprint density at radius 2 is 1.74 bits per heavy atom. The van der Waals surface area contributed by atoms with Gasteiger partial charge in [0.2, 0.25) is 5.88 Å². The third-order valence-corrected chi connectivity index (χ3v) is 4.55. The molecule has 3 N–H and O–H groups in total. The molecule has 0 spiro atoms. The first-order valence-corrected chi connectivity index (χ1v) is 9.67. The van der Waals surface area contributed by atoms with Gasteiger partial charge in [-0.25, -0.2) is 9.36 Å². The van der Waals surface area contributed by atoms with E-state index in [1.54, 1.807) is 30.3 Å². The van der Waals surface area contributed by atoms with Crippen molar-refractivity contribution in [3.05, 3.63) is 71.8 Å². The normalized spacial score (nSPS) is 11.2. The van der Waals surface area contributed by atoms with E-state index in [0.717, 1.165) is 6.20 Å². The minimum absolute atomic E-state index is 0.0631. The standard InChI is InChI=1S/C20H15F3N8O4/c1-35-15-8-7-14(25-26-15)31-17(20(21,22)23)12(9-24-31)18(33)27-28-19(34)16-13(32)10-30(29-16)11-5-3-2-4-6-11/h2-10,32H,1H3,(H,27,33)(H,28,34). The van der Waals surface area contributed by atoms with Crippen molar-refractivity contribution in [1.82, 2.24) is 40.6 Å². The Morgan fingerprint density at radius 1 is 1.03 bits per heavy atom. The number of para-hydroxylation sites is 1. The third-order valence-electron chi connectivity index (χ3n) is 4.55. The van der Waals surface area contributed by atoms with Gasteiger partial charge in [-0.15, -0.1) is 10.2 Å². The number of aromatic hydroxyl groups is 1. The van der Waals surface area contributed by atoms with E-state index in [9.17, 15) is 27.9 Å². The van der Waals surface area contributed by atoms with E-state index < -0.39 is 40.7 Å². The van der Waals surface area contributed by atoms with Crippen molar-refractivity contribution < 1.29 is 32.6 Å². The maximum Gasteiger partial charge on any atom is 0.434 e. The Hall–Kier alpha value is -4.95. The lowest BCUT2D eigenvalue weighted by Gasteiger charge is -2.12. The number of methoxy groups -OCH3 is 1. The molecule has 0 aliphatic rings. The van der Waals surface area contributed by atoms with Crippen molar-refractivity contribution in [1.29, 1.82) is 0 Å². The van der Waals surface area contributed by atoms with Gasteiger partial charge in [0.15, 0.2) is 23.0 Å². The van der Waals surface area contributed by atoms with Gasteiger partial charge in [-0.05, 0) is 18.2 Å². The number of aromatic nitrogens is 6. The number of nitrogens with zero attached hydrogens (tertiary/aromatic N) is 6. The van der Waals surface area contributed by atoms with Crippen molar-refractivity contribution >= 4 is 11.8 Å². The van der Waals surface area contributed by atoms with Crippen LogP contribution in [-0.2, 0) is 6.18 Å². The summed E-state index contributed by atoms with van der Waals surface area (Å²) < 4.78 is 47.7. The van der Waals surface area contributed by atoms with Crippen LogP contribution >= 0.6 is 0 Å². The molecule has 1 aromatic carbocycles. The molecule has 0 saturated carbocycles. The van der Waals surface area contributed by atoms with Crippen molar-refractivity contribution in [3.63, 3.8) is 0 Å². The lowest BCUT2D eigenvalue weighted by Crippen LogP contribution is -2.42. The number of ether oxygens (including phenoxy) is 1. The van der Waals surface area contributed by atoms with E-state index in [4.69, 9.17) is 4.74 Å². The van der Waals surface area contributed by atoms with E-state index in [1.165, 1.54) is 23.9 Å². The maximum absolute atomic E-state index is 13.8. The monoisotopic (exact) mass is 488 g/mol. The number of carbonyl (C=O) groups excluding carboxylic acids is 2. The van der Waals surface area contributed by atoms with E-state index in [0.29, 0.717) is 16.6 Å². The SMILES string of the molecule is COc1ccc(-n2ncc(C(=O)NNC(=O)c3nn(-c4ccccc4)cc3O)c2C(F)(F)F)nn1. The summed E-state index contributed by atoms with van der Waals surface area (Å²) in [4.78, 5) is 24.9. The van der Waals surface area contributed by atoms with Crippen LogP contribution in [0.15, 0.2) is 54.9 Å². The summed E-state index contributed by atoms with van der Waals surface area (Å²) in [7, 11) is 1.31. The molecule has 0 saturated heterocycles. The van der Waals surface area contributed by atoms with Crippen molar-refractivity contribution in [3.8, 4) is 23.1 Å². The quantitative estimate of drug-likeness (QED) is 0.359. The molecule has 0 bridgehead atoms. The van der Waals surface area contributed by atoms with Gasteiger partial charge in [0.1, 0.15) is 0 Å². The molecule has 0 fully saturated rings. The summed E-state index contributed by atoms with van der Waals surface area (Å²) >= 11 is 0. The van der Waals surface area contributed by atoms with Crippen molar-refractivity contribution in [2.75, 3.05) is 7.11 Å². The van der Waals surface area contributed by atoms with Gasteiger partial charge in [-0.3, -0.25) is 20.4 Å². The van der Waals surface area contributed by atoms with Crippen LogP contribution in [-0.4, -0.2) is 53.8 Å². The highest BCUT2D eigenvalue weighted by atomic mass is 19.4. The second-order valence-electron chi connectivity index (χ2n) is 6.80. The van der Waals surface area contributed by atoms with Crippen LogP contribution in [0.25, 0.3) is 11.5 Å². The van der Waals surface area contributed by atoms with E-state index in [2.05, 4.69) is 20.4 Å². The predicted octanol–water partition coefficient (Wildman–Crippen LogP) is 1.66. The molecule has 180 valence electrons. The molecule has 4 aromatic rings. The Kier molecular flexibility index (Phi) is 6.05. The fourth-order valence-corrected chi connectivity index (χ4v) is 2.98. The van der Waals surface area contributed by atoms with Crippen LogP contribution in [0.1, 0.15) is 26.5 Å².